The van der Waals surface area contributed by atoms with Crippen molar-refractivity contribution in [1.29, 1.82) is 0 Å². The zero-order chi connectivity index (χ0) is 18.1. The van der Waals surface area contributed by atoms with Crippen molar-refractivity contribution in [3.8, 4) is 16.9 Å². The summed E-state index contributed by atoms with van der Waals surface area (Å²) in [5, 5.41) is 5.04. The Bertz CT molecular complexity index is 1120. The maximum absolute atomic E-state index is 12.8. The van der Waals surface area contributed by atoms with E-state index in [9.17, 15) is 4.79 Å². The second-order valence-corrected chi connectivity index (χ2v) is 5.95. The van der Waals surface area contributed by atoms with Crippen LogP contribution in [0.1, 0.15) is 16.1 Å². The monoisotopic (exact) mass is 344 g/mol. The van der Waals surface area contributed by atoms with Gasteiger partial charge in [-0.2, -0.15) is 5.10 Å². The molecule has 0 fully saturated rings. The van der Waals surface area contributed by atoms with Crippen molar-refractivity contribution in [2.75, 3.05) is 7.11 Å². The van der Waals surface area contributed by atoms with E-state index in [4.69, 9.17) is 4.74 Å². The molecule has 4 rings (SSSR count). The second kappa shape index (κ2) is 6.40. The number of ketones is 1. The lowest BCUT2D eigenvalue weighted by atomic mass is 10.0. The number of nitrogens with zero attached hydrogens (tertiary/aromatic N) is 4. The summed E-state index contributed by atoms with van der Waals surface area (Å²) in [5.41, 5.74) is 3.55. The SMILES string of the molecule is COc1cccc(C(=O)c2cc3cc(-c4cnn(C)c4)cnc3cn2)c1. The summed E-state index contributed by atoms with van der Waals surface area (Å²) in [7, 11) is 3.44. The molecule has 3 heterocycles. The molecule has 0 N–H and O–H groups in total. The molecule has 0 radical (unpaired) electrons. The van der Waals surface area contributed by atoms with Gasteiger partial charge in [-0.1, -0.05) is 12.1 Å². The predicted molar refractivity (Wildman–Crippen MR) is 98.2 cm³/mol. The molecule has 4 aromatic rings. The molecule has 0 spiro atoms. The molecule has 1 aromatic carbocycles. The van der Waals surface area contributed by atoms with Crippen molar-refractivity contribution in [3.63, 3.8) is 0 Å². The van der Waals surface area contributed by atoms with Gasteiger partial charge in [0.2, 0.25) is 5.78 Å². The number of rotatable bonds is 4. The summed E-state index contributed by atoms with van der Waals surface area (Å²) >= 11 is 0. The lowest BCUT2D eigenvalue weighted by molar-refractivity contribution is 0.103. The summed E-state index contributed by atoms with van der Waals surface area (Å²) < 4.78 is 6.93. The van der Waals surface area contributed by atoms with Crippen LogP contribution in [0, 0.1) is 0 Å². The molecule has 0 aliphatic carbocycles. The van der Waals surface area contributed by atoms with Crippen LogP contribution in [0.2, 0.25) is 0 Å². The van der Waals surface area contributed by atoms with Gasteiger partial charge in [0.1, 0.15) is 11.4 Å². The number of pyridine rings is 2. The molecule has 128 valence electrons. The molecule has 0 saturated carbocycles. The first kappa shape index (κ1) is 16.0. The minimum Gasteiger partial charge on any atom is -0.497 e. The van der Waals surface area contributed by atoms with Crippen LogP contribution in [0.25, 0.3) is 22.0 Å². The molecular weight excluding hydrogens is 328 g/mol. The first-order valence-electron chi connectivity index (χ1n) is 8.07. The van der Waals surface area contributed by atoms with Crippen LogP contribution in [-0.2, 0) is 7.05 Å². The van der Waals surface area contributed by atoms with Crippen LogP contribution < -0.4 is 4.74 Å². The lowest BCUT2D eigenvalue weighted by Crippen LogP contribution is -2.04. The van der Waals surface area contributed by atoms with Crippen molar-refractivity contribution >= 4 is 16.7 Å². The molecule has 3 aromatic heterocycles. The maximum Gasteiger partial charge on any atom is 0.211 e. The van der Waals surface area contributed by atoms with E-state index in [0.29, 0.717) is 17.0 Å². The number of carbonyl (C=O) groups is 1. The number of aryl methyl sites for hydroxylation is 1. The molecule has 6 heteroatoms. The van der Waals surface area contributed by atoms with Crippen molar-refractivity contribution < 1.29 is 9.53 Å². The summed E-state index contributed by atoms with van der Waals surface area (Å²) in [6.07, 6.45) is 7.11. The minimum atomic E-state index is -0.155. The van der Waals surface area contributed by atoms with Gasteiger partial charge in [0.05, 0.1) is 25.0 Å². The van der Waals surface area contributed by atoms with E-state index in [1.807, 2.05) is 19.3 Å². The number of fused-ring (bicyclic) bond motifs is 1. The highest BCUT2D eigenvalue weighted by Crippen LogP contribution is 2.23. The summed E-state index contributed by atoms with van der Waals surface area (Å²) in [6, 6.07) is 10.8. The smallest absolute Gasteiger partial charge is 0.211 e. The summed E-state index contributed by atoms with van der Waals surface area (Å²) in [4.78, 5) is 21.5. The van der Waals surface area contributed by atoms with Crippen LogP contribution in [0.3, 0.4) is 0 Å². The molecule has 6 nitrogen and oxygen atoms in total. The van der Waals surface area contributed by atoms with Gasteiger partial charge in [-0.3, -0.25) is 19.4 Å². The first-order valence-corrected chi connectivity index (χ1v) is 8.07. The van der Waals surface area contributed by atoms with Gasteiger partial charge in [-0.25, -0.2) is 0 Å². The van der Waals surface area contributed by atoms with Crippen LogP contribution in [-0.4, -0.2) is 32.6 Å². The van der Waals surface area contributed by atoms with Gasteiger partial charge in [0, 0.05) is 41.5 Å². The molecule has 0 atom stereocenters. The normalized spacial score (nSPS) is 10.8. The van der Waals surface area contributed by atoms with Crippen molar-refractivity contribution in [1.82, 2.24) is 19.7 Å². The Labute approximate surface area is 150 Å². The number of aromatic nitrogens is 4. The van der Waals surface area contributed by atoms with E-state index >= 15 is 0 Å². The van der Waals surface area contributed by atoms with Crippen LogP contribution >= 0.6 is 0 Å². The minimum absolute atomic E-state index is 0.155. The Morgan fingerprint density at radius 2 is 1.92 bits per heavy atom. The fourth-order valence-electron chi connectivity index (χ4n) is 2.80. The standard InChI is InChI=1S/C20H16N4O2/c1-24-12-16(10-23-24)15-6-14-8-18(22-11-19(14)21-9-15)20(25)13-4-3-5-17(7-13)26-2/h3-12H,1-2H3. The van der Waals surface area contributed by atoms with Gasteiger partial charge in [0.25, 0.3) is 0 Å². The number of hydrogen-bond donors (Lipinski definition) is 0. The van der Waals surface area contributed by atoms with Crippen LogP contribution in [0.5, 0.6) is 5.75 Å². The van der Waals surface area contributed by atoms with Gasteiger partial charge < -0.3 is 4.74 Å². The zero-order valence-corrected chi connectivity index (χ0v) is 14.4. The Hall–Kier alpha value is -3.54. The van der Waals surface area contributed by atoms with E-state index in [2.05, 4.69) is 15.1 Å². The Morgan fingerprint density at radius 3 is 2.69 bits per heavy atom. The van der Waals surface area contributed by atoms with Gasteiger partial charge in [-0.05, 0) is 24.3 Å². The Balaban J connectivity index is 1.75. The highest BCUT2D eigenvalue weighted by atomic mass is 16.5. The first-order chi connectivity index (χ1) is 12.6. The van der Waals surface area contributed by atoms with E-state index in [1.165, 1.54) is 0 Å². The molecule has 0 aliphatic rings. The molecule has 26 heavy (non-hydrogen) atoms. The average molecular weight is 344 g/mol. The van der Waals surface area contributed by atoms with Crippen LogP contribution in [0.4, 0.5) is 0 Å². The molecular formula is C20H16N4O2. The lowest BCUT2D eigenvalue weighted by Gasteiger charge is -2.05. The van der Waals surface area contributed by atoms with E-state index in [-0.39, 0.29) is 5.78 Å². The third kappa shape index (κ3) is 2.93. The van der Waals surface area contributed by atoms with E-state index in [1.54, 1.807) is 60.7 Å². The van der Waals surface area contributed by atoms with Crippen molar-refractivity contribution in [3.05, 3.63) is 72.4 Å². The number of benzene rings is 1. The number of ether oxygens (including phenoxy) is 1. The third-order valence-corrected chi connectivity index (χ3v) is 4.17. The number of hydrogen-bond acceptors (Lipinski definition) is 5. The Morgan fingerprint density at radius 1 is 1.04 bits per heavy atom. The predicted octanol–water partition coefficient (Wildman–Crippen LogP) is 3.27. The summed E-state index contributed by atoms with van der Waals surface area (Å²) in [6.45, 7) is 0. The van der Waals surface area contributed by atoms with Gasteiger partial charge in [-0.15, -0.1) is 0 Å². The number of methoxy groups -OCH3 is 1. The van der Waals surface area contributed by atoms with E-state index in [0.717, 1.165) is 22.0 Å². The Kier molecular flexibility index (Phi) is 3.93. The molecule has 0 amide bonds. The topological polar surface area (TPSA) is 69.9 Å². The molecule has 0 aliphatic heterocycles. The van der Waals surface area contributed by atoms with Crippen molar-refractivity contribution in [2.45, 2.75) is 0 Å². The largest absolute Gasteiger partial charge is 0.497 e. The molecule has 0 saturated heterocycles. The fraction of sp³-hybridized carbons (Fsp3) is 0.100. The highest BCUT2D eigenvalue weighted by Gasteiger charge is 2.13. The van der Waals surface area contributed by atoms with Gasteiger partial charge >= 0.3 is 0 Å². The number of carbonyl (C=O) groups excluding carboxylic acids is 1. The highest BCUT2D eigenvalue weighted by molar-refractivity contribution is 6.09. The van der Waals surface area contributed by atoms with E-state index < -0.39 is 0 Å². The fourth-order valence-corrected chi connectivity index (χ4v) is 2.80. The van der Waals surface area contributed by atoms with Crippen molar-refractivity contribution in [2.24, 2.45) is 7.05 Å². The molecule has 0 unspecified atom stereocenters. The summed E-state index contributed by atoms with van der Waals surface area (Å²) in [5.74, 6) is 0.481. The maximum atomic E-state index is 12.8. The molecule has 0 bridgehead atoms. The third-order valence-electron chi connectivity index (χ3n) is 4.17. The second-order valence-electron chi connectivity index (χ2n) is 5.95. The zero-order valence-electron chi connectivity index (χ0n) is 14.4. The van der Waals surface area contributed by atoms with Gasteiger partial charge in [0.15, 0.2) is 0 Å². The average Bonchev–Trinajstić information content (AvgIpc) is 3.13. The quantitative estimate of drug-likeness (QED) is 0.531. The van der Waals surface area contributed by atoms with Crippen LogP contribution in [0.15, 0.2) is 61.2 Å².